The van der Waals surface area contributed by atoms with Crippen molar-refractivity contribution in [3.8, 4) is 11.9 Å². The maximum atomic E-state index is 12.9. The number of nitrogens with one attached hydrogen (secondary N) is 1. The van der Waals surface area contributed by atoms with E-state index in [0.717, 1.165) is 17.7 Å². The number of aromatic nitrogens is 1. The number of nitrogens with zero attached hydrogens (tertiary/aromatic N) is 2. The van der Waals surface area contributed by atoms with E-state index in [1.54, 1.807) is 0 Å². The van der Waals surface area contributed by atoms with Crippen LogP contribution in [0.2, 0.25) is 0 Å². The fourth-order valence-corrected chi connectivity index (χ4v) is 2.92. The van der Waals surface area contributed by atoms with E-state index in [-0.39, 0.29) is 18.1 Å². The highest BCUT2D eigenvalue weighted by Crippen LogP contribution is 2.32. The highest BCUT2D eigenvalue weighted by molar-refractivity contribution is 7.07. The molecular weight excluding hydrogens is 367 g/mol. The maximum absolute atomic E-state index is 12.9. The number of ether oxygens (including phenoxy) is 1. The number of halogens is 3. The Morgan fingerprint density at radius 3 is 2.73 bits per heavy atom. The van der Waals surface area contributed by atoms with Crippen molar-refractivity contribution in [3.05, 3.63) is 45.8 Å². The van der Waals surface area contributed by atoms with Crippen LogP contribution in [0, 0.1) is 11.3 Å². The molecule has 0 amide bonds. The summed E-state index contributed by atoms with van der Waals surface area (Å²) in [6.45, 7) is 1.25. The van der Waals surface area contributed by atoms with Gasteiger partial charge in [-0.05, 0) is 48.5 Å². The first-order valence-corrected chi connectivity index (χ1v) is 8.88. The van der Waals surface area contributed by atoms with Crippen LogP contribution in [-0.2, 0) is 6.18 Å². The van der Waals surface area contributed by atoms with Gasteiger partial charge in [0.05, 0.1) is 0 Å². The van der Waals surface area contributed by atoms with Crippen molar-refractivity contribution in [1.29, 1.82) is 5.26 Å². The second-order valence-corrected chi connectivity index (χ2v) is 6.22. The summed E-state index contributed by atoms with van der Waals surface area (Å²) in [5.41, 5.74) is -0.342. The lowest BCUT2D eigenvalue weighted by molar-refractivity contribution is -0.141. The highest BCUT2D eigenvalue weighted by atomic mass is 32.1. The molecule has 0 aliphatic heterocycles. The van der Waals surface area contributed by atoms with E-state index in [2.05, 4.69) is 10.3 Å². The third kappa shape index (κ3) is 5.69. The molecule has 1 atom stereocenters. The van der Waals surface area contributed by atoms with Gasteiger partial charge in [0.2, 0.25) is 5.88 Å². The van der Waals surface area contributed by atoms with Crippen molar-refractivity contribution >= 4 is 11.3 Å². The van der Waals surface area contributed by atoms with Crippen molar-refractivity contribution < 1.29 is 23.0 Å². The Bertz CT molecular complexity index is 730. The third-order valence-electron chi connectivity index (χ3n) is 3.53. The normalized spacial score (nSPS) is 12.6. The van der Waals surface area contributed by atoms with Crippen LogP contribution in [0.5, 0.6) is 5.88 Å². The monoisotopic (exact) mass is 385 g/mol. The molecule has 2 heterocycles. The summed E-state index contributed by atoms with van der Waals surface area (Å²) >= 11 is 1.44. The van der Waals surface area contributed by atoms with Gasteiger partial charge in [0.1, 0.15) is 23.4 Å². The van der Waals surface area contributed by atoms with Gasteiger partial charge in [-0.1, -0.05) is 0 Å². The van der Waals surface area contributed by atoms with Gasteiger partial charge in [-0.25, -0.2) is 4.98 Å². The van der Waals surface area contributed by atoms with E-state index in [1.165, 1.54) is 11.3 Å². The molecule has 2 aromatic heterocycles. The second kappa shape index (κ2) is 9.52. The van der Waals surface area contributed by atoms with Gasteiger partial charge in [0.25, 0.3) is 0 Å². The molecule has 0 spiro atoms. The van der Waals surface area contributed by atoms with Crippen LogP contribution < -0.4 is 10.1 Å². The van der Waals surface area contributed by atoms with Gasteiger partial charge in [0, 0.05) is 18.6 Å². The van der Waals surface area contributed by atoms with Gasteiger partial charge < -0.3 is 15.2 Å². The van der Waals surface area contributed by atoms with Gasteiger partial charge in [-0.15, -0.1) is 0 Å². The van der Waals surface area contributed by atoms with E-state index >= 15 is 0 Å². The lowest BCUT2D eigenvalue weighted by Gasteiger charge is -2.19. The van der Waals surface area contributed by atoms with Gasteiger partial charge in [-0.2, -0.15) is 29.8 Å². The third-order valence-corrected chi connectivity index (χ3v) is 4.24. The molecule has 0 bridgehead atoms. The Kier molecular flexibility index (Phi) is 7.38. The number of aliphatic hydroxyl groups is 1. The first-order valence-electron chi connectivity index (χ1n) is 7.94. The molecule has 140 valence electrons. The Morgan fingerprint density at radius 1 is 1.31 bits per heavy atom. The van der Waals surface area contributed by atoms with Crippen LogP contribution in [0.25, 0.3) is 0 Å². The molecule has 0 saturated carbocycles. The lowest BCUT2D eigenvalue weighted by Crippen LogP contribution is -2.22. The van der Waals surface area contributed by atoms with Crippen molar-refractivity contribution in [2.24, 2.45) is 0 Å². The number of thiophene rings is 1. The molecule has 0 radical (unpaired) electrons. The number of nitriles is 1. The van der Waals surface area contributed by atoms with Crippen LogP contribution in [0.4, 0.5) is 13.2 Å². The number of rotatable bonds is 9. The number of hydrogen-bond acceptors (Lipinski definition) is 6. The standard InChI is InChI=1S/C17H18F3N3O2S/c18-17(19,20)15-3-2-12(10-21)16(23-15)25-14(13-5-9-26-11-13)4-7-22-6-1-8-24/h2-3,5,9,11,14,22,24H,1,4,6-8H2/t14-/m1/s1. The van der Waals surface area contributed by atoms with E-state index in [1.807, 2.05) is 22.9 Å². The molecule has 0 aliphatic carbocycles. The van der Waals surface area contributed by atoms with E-state index in [4.69, 9.17) is 15.1 Å². The summed E-state index contributed by atoms with van der Waals surface area (Å²) in [6, 6.07) is 5.47. The van der Waals surface area contributed by atoms with Crippen LogP contribution in [0.1, 0.15) is 35.8 Å². The zero-order valence-electron chi connectivity index (χ0n) is 13.8. The van der Waals surface area contributed by atoms with Crippen LogP contribution in [0.3, 0.4) is 0 Å². The Labute approximate surface area is 153 Å². The molecule has 2 aromatic rings. The van der Waals surface area contributed by atoms with Crippen molar-refractivity contribution in [2.45, 2.75) is 25.1 Å². The molecule has 0 fully saturated rings. The average molecular weight is 385 g/mol. The molecular formula is C17H18F3N3O2S. The van der Waals surface area contributed by atoms with Crippen molar-refractivity contribution in [2.75, 3.05) is 19.7 Å². The van der Waals surface area contributed by atoms with Crippen molar-refractivity contribution in [3.63, 3.8) is 0 Å². The van der Waals surface area contributed by atoms with Gasteiger partial charge in [-0.3, -0.25) is 0 Å². The minimum Gasteiger partial charge on any atom is -0.468 e. The SMILES string of the molecule is N#Cc1ccc(C(F)(F)F)nc1O[C@H](CCNCCCO)c1ccsc1. The zero-order valence-corrected chi connectivity index (χ0v) is 14.6. The average Bonchev–Trinajstić information content (AvgIpc) is 3.14. The summed E-state index contributed by atoms with van der Waals surface area (Å²) in [5.74, 6) is -0.325. The van der Waals surface area contributed by atoms with Crippen LogP contribution in [-0.4, -0.2) is 29.8 Å². The zero-order chi connectivity index (χ0) is 19.0. The fourth-order valence-electron chi connectivity index (χ4n) is 2.22. The quantitative estimate of drug-likeness (QED) is 0.646. The lowest BCUT2D eigenvalue weighted by atomic mass is 10.1. The number of alkyl halides is 3. The minimum atomic E-state index is -4.62. The first-order chi connectivity index (χ1) is 12.5. The summed E-state index contributed by atoms with van der Waals surface area (Å²) in [5, 5.41) is 24.7. The van der Waals surface area contributed by atoms with E-state index < -0.39 is 18.0 Å². The topological polar surface area (TPSA) is 78.2 Å². The number of pyridine rings is 1. The predicted octanol–water partition coefficient (Wildman–Crippen LogP) is 3.52. The van der Waals surface area contributed by atoms with E-state index in [0.29, 0.717) is 25.9 Å². The molecule has 0 saturated heterocycles. The molecule has 0 aromatic carbocycles. The molecule has 5 nitrogen and oxygen atoms in total. The Morgan fingerprint density at radius 2 is 2.12 bits per heavy atom. The first kappa shape index (κ1) is 20.2. The summed E-state index contributed by atoms with van der Waals surface area (Å²) in [4.78, 5) is 3.50. The van der Waals surface area contributed by atoms with Crippen LogP contribution in [0.15, 0.2) is 29.0 Å². The Balaban J connectivity index is 2.18. The second-order valence-electron chi connectivity index (χ2n) is 5.44. The molecule has 2 N–H and O–H groups in total. The van der Waals surface area contributed by atoms with Gasteiger partial charge >= 0.3 is 6.18 Å². The summed E-state index contributed by atoms with van der Waals surface area (Å²) in [6.07, 6.45) is -4.07. The predicted molar refractivity (Wildman–Crippen MR) is 90.8 cm³/mol. The smallest absolute Gasteiger partial charge is 0.433 e. The number of hydrogen-bond donors (Lipinski definition) is 2. The molecule has 0 aliphatic rings. The fraction of sp³-hybridized carbons (Fsp3) is 0.412. The molecule has 2 rings (SSSR count). The minimum absolute atomic E-state index is 0.0496. The molecule has 26 heavy (non-hydrogen) atoms. The molecule has 9 heteroatoms. The maximum Gasteiger partial charge on any atom is 0.433 e. The summed E-state index contributed by atoms with van der Waals surface area (Å²) in [7, 11) is 0. The van der Waals surface area contributed by atoms with Crippen LogP contribution >= 0.6 is 11.3 Å². The largest absolute Gasteiger partial charge is 0.468 e. The Hall–Kier alpha value is -2.15. The highest BCUT2D eigenvalue weighted by Gasteiger charge is 2.33. The number of aliphatic hydroxyl groups excluding tert-OH is 1. The van der Waals surface area contributed by atoms with Gasteiger partial charge in [0.15, 0.2) is 0 Å². The summed E-state index contributed by atoms with van der Waals surface area (Å²) < 4.78 is 44.4. The van der Waals surface area contributed by atoms with Crippen molar-refractivity contribution in [1.82, 2.24) is 10.3 Å². The molecule has 0 unspecified atom stereocenters. The van der Waals surface area contributed by atoms with E-state index in [9.17, 15) is 13.2 Å².